The number of carboxylic acids is 1. The number of aliphatic carboxylic acids is 1. The molecule has 0 radical (unpaired) electrons. The fourth-order valence-electron chi connectivity index (χ4n) is 1.97. The highest BCUT2D eigenvalue weighted by molar-refractivity contribution is 5.71. The van der Waals surface area contributed by atoms with Gasteiger partial charge in [-0.15, -0.1) is 0 Å². The van der Waals surface area contributed by atoms with Crippen LogP contribution in [0.15, 0.2) is 54.6 Å². The van der Waals surface area contributed by atoms with Crippen LogP contribution < -0.4 is 5.73 Å². The average molecular weight is 255 g/mol. The lowest BCUT2D eigenvalue weighted by Crippen LogP contribution is -2.25. The monoisotopic (exact) mass is 255 g/mol. The lowest BCUT2D eigenvalue weighted by Gasteiger charge is -2.16. The van der Waals surface area contributed by atoms with Crippen molar-refractivity contribution in [1.29, 1.82) is 0 Å². The molecule has 0 aliphatic carbocycles. The van der Waals surface area contributed by atoms with E-state index in [1.807, 2.05) is 54.6 Å². The first-order valence-electron chi connectivity index (χ1n) is 6.23. The largest absolute Gasteiger partial charge is 0.481 e. The maximum Gasteiger partial charge on any atom is 0.308 e. The molecule has 0 aromatic heterocycles. The van der Waals surface area contributed by atoms with Crippen molar-refractivity contribution in [2.75, 3.05) is 0 Å². The zero-order valence-electron chi connectivity index (χ0n) is 10.8. The van der Waals surface area contributed by atoms with Crippen LogP contribution in [0.2, 0.25) is 0 Å². The van der Waals surface area contributed by atoms with Gasteiger partial charge in [0.15, 0.2) is 0 Å². The molecule has 0 saturated heterocycles. The molecule has 3 N–H and O–H groups in total. The zero-order chi connectivity index (χ0) is 13.8. The van der Waals surface area contributed by atoms with E-state index in [1.165, 1.54) is 0 Å². The van der Waals surface area contributed by atoms with Gasteiger partial charge in [-0.05, 0) is 16.7 Å². The Labute approximate surface area is 112 Å². The number of hydrogen-bond donors (Lipinski definition) is 2. The highest BCUT2D eigenvalue weighted by atomic mass is 16.4. The van der Waals surface area contributed by atoms with Gasteiger partial charge in [0.25, 0.3) is 0 Å². The second-order valence-corrected chi connectivity index (χ2v) is 4.64. The van der Waals surface area contributed by atoms with Crippen molar-refractivity contribution in [3.8, 4) is 11.1 Å². The van der Waals surface area contributed by atoms with Crippen LogP contribution in [0.4, 0.5) is 0 Å². The summed E-state index contributed by atoms with van der Waals surface area (Å²) >= 11 is 0. The van der Waals surface area contributed by atoms with E-state index in [4.69, 9.17) is 10.8 Å². The van der Waals surface area contributed by atoms with Crippen molar-refractivity contribution < 1.29 is 9.90 Å². The zero-order valence-corrected chi connectivity index (χ0v) is 10.8. The van der Waals surface area contributed by atoms with Gasteiger partial charge in [0.2, 0.25) is 0 Å². The van der Waals surface area contributed by atoms with Crippen LogP contribution in [-0.4, -0.2) is 11.1 Å². The lowest BCUT2D eigenvalue weighted by atomic mass is 9.94. The Morgan fingerprint density at radius 3 is 2.05 bits per heavy atom. The molecule has 2 atom stereocenters. The number of hydrogen-bond acceptors (Lipinski definition) is 2. The van der Waals surface area contributed by atoms with Crippen LogP contribution >= 0.6 is 0 Å². The van der Waals surface area contributed by atoms with Crippen molar-refractivity contribution in [2.45, 2.75) is 13.0 Å². The molecule has 0 aliphatic rings. The predicted octanol–water partition coefficient (Wildman–Crippen LogP) is 3.07. The Hall–Kier alpha value is -2.13. The topological polar surface area (TPSA) is 63.3 Å². The minimum absolute atomic E-state index is 0.484. The van der Waals surface area contributed by atoms with Crippen LogP contribution in [-0.2, 0) is 4.79 Å². The van der Waals surface area contributed by atoms with Crippen molar-refractivity contribution >= 4 is 5.97 Å². The molecule has 3 nitrogen and oxygen atoms in total. The molecule has 0 saturated carbocycles. The molecule has 0 spiro atoms. The van der Waals surface area contributed by atoms with Crippen LogP contribution in [0.5, 0.6) is 0 Å². The second-order valence-electron chi connectivity index (χ2n) is 4.64. The molecule has 2 unspecified atom stereocenters. The number of nitrogens with two attached hydrogens (primary N) is 1. The molecule has 3 heteroatoms. The summed E-state index contributed by atoms with van der Waals surface area (Å²) in [4.78, 5) is 10.9. The molecule has 0 amide bonds. The Kier molecular flexibility index (Phi) is 3.97. The van der Waals surface area contributed by atoms with E-state index in [0.29, 0.717) is 0 Å². The summed E-state index contributed by atoms with van der Waals surface area (Å²) in [5.74, 6) is -1.47. The van der Waals surface area contributed by atoms with Gasteiger partial charge in [-0.3, -0.25) is 4.79 Å². The van der Waals surface area contributed by atoms with Gasteiger partial charge in [-0.1, -0.05) is 61.5 Å². The number of carboxylic acid groups (broad SMARTS) is 1. The molecule has 2 aromatic carbocycles. The van der Waals surface area contributed by atoms with E-state index in [-0.39, 0.29) is 0 Å². The summed E-state index contributed by atoms with van der Waals surface area (Å²) < 4.78 is 0. The smallest absolute Gasteiger partial charge is 0.308 e. The third kappa shape index (κ3) is 3.01. The quantitative estimate of drug-likeness (QED) is 0.882. The maximum absolute atomic E-state index is 10.9. The van der Waals surface area contributed by atoms with Crippen molar-refractivity contribution in [3.05, 3.63) is 60.2 Å². The molecular weight excluding hydrogens is 238 g/mol. The average Bonchev–Trinajstić information content (AvgIpc) is 2.46. The number of carbonyl (C=O) groups is 1. The summed E-state index contributed by atoms with van der Waals surface area (Å²) in [6.45, 7) is 1.62. The van der Waals surface area contributed by atoms with Crippen molar-refractivity contribution in [1.82, 2.24) is 0 Å². The van der Waals surface area contributed by atoms with Gasteiger partial charge in [-0.25, -0.2) is 0 Å². The fraction of sp³-hybridized carbons (Fsp3) is 0.188. The lowest BCUT2D eigenvalue weighted by molar-refractivity contribution is -0.141. The summed E-state index contributed by atoms with van der Waals surface area (Å²) in [6.07, 6.45) is 0. The maximum atomic E-state index is 10.9. The first-order valence-corrected chi connectivity index (χ1v) is 6.23. The Bertz CT molecular complexity index is 549. The molecule has 19 heavy (non-hydrogen) atoms. The first kappa shape index (κ1) is 13.3. The minimum Gasteiger partial charge on any atom is -0.481 e. The first-order chi connectivity index (χ1) is 9.09. The molecule has 2 rings (SSSR count). The van der Waals surface area contributed by atoms with E-state index in [9.17, 15) is 4.79 Å². The molecule has 0 aliphatic heterocycles. The molecule has 2 aromatic rings. The van der Waals surface area contributed by atoms with Gasteiger partial charge in [-0.2, -0.15) is 0 Å². The van der Waals surface area contributed by atoms with E-state index >= 15 is 0 Å². The minimum atomic E-state index is -0.875. The molecule has 0 bridgehead atoms. The van der Waals surface area contributed by atoms with Crippen LogP contribution in [0, 0.1) is 5.92 Å². The molecular formula is C16H17NO2. The predicted molar refractivity (Wildman–Crippen MR) is 75.6 cm³/mol. The summed E-state index contributed by atoms with van der Waals surface area (Å²) in [5.41, 5.74) is 9.02. The Morgan fingerprint density at radius 1 is 1.00 bits per heavy atom. The van der Waals surface area contributed by atoms with Crippen LogP contribution in [0.25, 0.3) is 11.1 Å². The molecule has 0 fully saturated rings. The van der Waals surface area contributed by atoms with Gasteiger partial charge >= 0.3 is 5.97 Å². The van der Waals surface area contributed by atoms with Gasteiger partial charge < -0.3 is 10.8 Å². The number of benzene rings is 2. The third-order valence-electron chi connectivity index (χ3n) is 3.33. The molecule has 0 heterocycles. The molecule has 98 valence electrons. The summed E-state index contributed by atoms with van der Waals surface area (Å²) in [5, 5.41) is 8.97. The van der Waals surface area contributed by atoms with Crippen molar-refractivity contribution in [2.24, 2.45) is 11.7 Å². The van der Waals surface area contributed by atoms with E-state index in [2.05, 4.69) is 0 Å². The van der Waals surface area contributed by atoms with Crippen LogP contribution in [0.1, 0.15) is 18.5 Å². The SMILES string of the molecule is CC(C(=O)O)C(N)c1ccc(-c2ccccc2)cc1. The van der Waals surface area contributed by atoms with E-state index in [1.54, 1.807) is 6.92 Å². The third-order valence-corrected chi connectivity index (χ3v) is 3.33. The fourth-order valence-corrected chi connectivity index (χ4v) is 1.97. The standard InChI is InChI=1S/C16H17NO2/c1-11(16(18)19)15(17)14-9-7-13(8-10-14)12-5-3-2-4-6-12/h2-11,15H,17H2,1H3,(H,18,19). The van der Waals surface area contributed by atoms with E-state index < -0.39 is 17.9 Å². The Morgan fingerprint density at radius 2 is 1.53 bits per heavy atom. The summed E-state index contributed by atoms with van der Waals surface area (Å²) in [6, 6.07) is 17.3. The van der Waals surface area contributed by atoms with Gasteiger partial charge in [0, 0.05) is 6.04 Å². The van der Waals surface area contributed by atoms with Gasteiger partial charge in [0.05, 0.1) is 5.92 Å². The highest BCUT2D eigenvalue weighted by Gasteiger charge is 2.21. The summed E-state index contributed by atoms with van der Waals surface area (Å²) in [7, 11) is 0. The van der Waals surface area contributed by atoms with E-state index in [0.717, 1.165) is 16.7 Å². The van der Waals surface area contributed by atoms with Crippen molar-refractivity contribution in [3.63, 3.8) is 0 Å². The highest BCUT2D eigenvalue weighted by Crippen LogP contribution is 2.24. The van der Waals surface area contributed by atoms with Crippen LogP contribution in [0.3, 0.4) is 0 Å². The second kappa shape index (κ2) is 5.67. The Balaban J connectivity index is 2.22. The normalized spacial score (nSPS) is 13.8. The number of rotatable bonds is 4. The van der Waals surface area contributed by atoms with Gasteiger partial charge in [0.1, 0.15) is 0 Å².